The Labute approximate surface area is 91.4 Å². The van der Waals surface area contributed by atoms with E-state index in [0.717, 1.165) is 19.5 Å². The lowest BCUT2D eigenvalue weighted by Gasteiger charge is -2.44. The topological polar surface area (TPSA) is 61.4 Å². The summed E-state index contributed by atoms with van der Waals surface area (Å²) < 4.78 is 0. The van der Waals surface area contributed by atoms with Gasteiger partial charge < -0.3 is 15.7 Å². The van der Waals surface area contributed by atoms with Crippen molar-refractivity contribution >= 4 is 5.97 Å². The van der Waals surface area contributed by atoms with Gasteiger partial charge in [-0.15, -0.1) is 0 Å². The van der Waals surface area contributed by atoms with Crippen molar-refractivity contribution in [1.82, 2.24) is 10.6 Å². The third-order valence-corrected chi connectivity index (χ3v) is 2.96. The first-order chi connectivity index (χ1) is 7.08. The Hall–Kier alpha value is -0.610. The molecule has 0 aliphatic carbocycles. The highest BCUT2D eigenvalue weighted by Gasteiger charge is 2.39. The minimum absolute atomic E-state index is 0.195. The Balaban J connectivity index is 2.35. The molecule has 0 amide bonds. The fraction of sp³-hybridized carbons (Fsp3) is 0.909. The van der Waals surface area contributed by atoms with Crippen LogP contribution in [-0.2, 0) is 4.79 Å². The molecule has 1 unspecified atom stereocenters. The van der Waals surface area contributed by atoms with Crippen LogP contribution < -0.4 is 10.6 Å². The number of hydrogen-bond donors (Lipinski definition) is 3. The first-order valence-electron chi connectivity index (χ1n) is 5.78. The number of nitrogens with one attached hydrogen (secondary N) is 2. The molecule has 0 radical (unpaired) electrons. The first-order valence-corrected chi connectivity index (χ1v) is 5.78. The molecule has 1 atom stereocenters. The number of rotatable bonds is 7. The molecule has 1 heterocycles. The van der Waals surface area contributed by atoms with Gasteiger partial charge in [-0.05, 0) is 13.3 Å². The summed E-state index contributed by atoms with van der Waals surface area (Å²) in [4.78, 5) is 10.7. The SMILES string of the molecule is CCCCC(C)NC1(CC(=O)O)CNC1. The third kappa shape index (κ3) is 3.80. The standard InChI is InChI=1S/C11H22N2O2/c1-3-4-5-9(2)13-11(6-10(14)15)7-12-8-11/h9,12-13H,3-8H2,1-2H3,(H,14,15). The molecule has 1 aliphatic rings. The molecule has 1 aliphatic heterocycles. The fourth-order valence-corrected chi connectivity index (χ4v) is 2.10. The minimum atomic E-state index is -0.716. The summed E-state index contributed by atoms with van der Waals surface area (Å²) >= 11 is 0. The van der Waals surface area contributed by atoms with Crippen LogP contribution in [0.5, 0.6) is 0 Å². The summed E-state index contributed by atoms with van der Waals surface area (Å²) in [5, 5.41) is 15.4. The highest BCUT2D eigenvalue weighted by atomic mass is 16.4. The summed E-state index contributed by atoms with van der Waals surface area (Å²) in [6, 6.07) is 0.409. The molecule has 3 N–H and O–H groups in total. The molecule has 1 saturated heterocycles. The van der Waals surface area contributed by atoms with Gasteiger partial charge in [-0.1, -0.05) is 19.8 Å². The Morgan fingerprint density at radius 3 is 2.67 bits per heavy atom. The van der Waals surface area contributed by atoms with E-state index in [0.29, 0.717) is 6.04 Å². The molecule has 4 heteroatoms. The predicted octanol–water partition coefficient (Wildman–Crippen LogP) is 0.971. The van der Waals surface area contributed by atoms with Gasteiger partial charge in [0.2, 0.25) is 0 Å². The minimum Gasteiger partial charge on any atom is -0.481 e. The van der Waals surface area contributed by atoms with E-state index in [9.17, 15) is 4.79 Å². The number of carbonyl (C=O) groups is 1. The van der Waals surface area contributed by atoms with E-state index in [1.807, 2.05) is 0 Å². The Morgan fingerprint density at radius 1 is 1.60 bits per heavy atom. The highest BCUT2D eigenvalue weighted by molar-refractivity contribution is 5.68. The summed E-state index contributed by atoms with van der Waals surface area (Å²) in [6.07, 6.45) is 3.73. The van der Waals surface area contributed by atoms with Crippen LogP contribution in [0.4, 0.5) is 0 Å². The summed E-state index contributed by atoms with van der Waals surface area (Å²) in [5.41, 5.74) is -0.195. The molecular formula is C11H22N2O2. The van der Waals surface area contributed by atoms with E-state index in [-0.39, 0.29) is 12.0 Å². The molecule has 15 heavy (non-hydrogen) atoms. The summed E-state index contributed by atoms with van der Waals surface area (Å²) in [6.45, 7) is 5.85. The van der Waals surface area contributed by atoms with Gasteiger partial charge in [-0.25, -0.2) is 0 Å². The number of aliphatic carboxylic acids is 1. The average molecular weight is 214 g/mol. The van der Waals surface area contributed by atoms with Gasteiger partial charge in [0.05, 0.1) is 12.0 Å². The molecule has 1 rings (SSSR count). The molecule has 1 fully saturated rings. The molecule has 4 nitrogen and oxygen atoms in total. The van der Waals surface area contributed by atoms with Gasteiger partial charge in [0.15, 0.2) is 0 Å². The Kier molecular flexibility index (Phi) is 4.54. The van der Waals surface area contributed by atoms with E-state index >= 15 is 0 Å². The Morgan fingerprint density at radius 2 is 2.27 bits per heavy atom. The van der Waals surface area contributed by atoms with E-state index in [4.69, 9.17) is 5.11 Å². The largest absolute Gasteiger partial charge is 0.481 e. The van der Waals surface area contributed by atoms with E-state index in [2.05, 4.69) is 24.5 Å². The molecular weight excluding hydrogens is 192 g/mol. The van der Waals surface area contributed by atoms with E-state index in [1.165, 1.54) is 12.8 Å². The van der Waals surface area contributed by atoms with Gasteiger partial charge in [-0.3, -0.25) is 4.79 Å². The highest BCUT2D eigenvalue weighted by Crippen LogP contribution is 2.18. The predicted molar refractivity (Wildman–Crippen MR) is 60.0 cm³/mol. The van der Waals surface area contributed by atoms with E-state index < -0.39 is 5.97 Å². The van der Waals surface area contributed by atoms with Crippen LogP contribution in [0.15, 0.2) is 0 Å². The second-order valence-corrected chi connectivity index (χ2v) is 4.64. The van der Waals surface area contributed by atoms with Crippen LogP contribution >= 0.6 is 0 Å². The zero-order chi connectivity index (χ0) is 11.3. The van der Waals surface area contributed by atoms with Gasteiger partial charge in [0, 0.05) is 19.1 Å². The van der Waals surface area contributed by atoms with Crippen LogP contribution in [0.25, 0.3) is 0 Å². The second kappa shape index (κ2) is 5.47. The second-order valence-electron chi connectivity index (χ2n) is 4.64. The fourth-order valence-electron chi connectivity index (χ4n) is 2.10. The van der Waals surface area contributed by atoms with Crippen molar-refractivity contribution in [1.29, 1.82) is 0 Å². The van der Waals surface area contributed by atoms with Gasteiger partial charge in [-0.2, -0.15) is 0 Å². The zero-order valence-electron chi connectivity index (χ0n) is 9.68. The lowest BCUT2D eigenvalue weighted by Crippen LogP contribution is -2.70. The Bertz CT molecular complexity index is 215. The number of unbranched alkanes of at least 4 members (excludes halogenated alkanes) is 1. The van der Waals surface area contributed by atoms with Crippen molar-refractivity contribution < 1.29 is 9.90 Å². The van der Waals surface area contributed by atoms with Crippen molar-refractivity contribution in [2.24, 2.45) is 0 Å². The van der Waals surface area contributed by atoms with Gasteiger partial charge >= 0.3 is 5.97 Å². The van der Waals surface area contributed by atoms with Crippen LogP contribution in [-0.4, -0.2) is 35.7 Å². The van der Waals surface area contributed by atoms with Gasteiger partial charge in [0.1, 0.15) is 0 Å². The molecule has 0 aromatic carbocycles. The van der Waals surface area contributed by atoms with E-state index in [1.54, 1.807) is 0 Å². The van der Waals surface area contributed by atoms with Crippen molar-refractivity contribution in [3.05, 3.63) is 0 Å². The van der Waals surface area contributed by atoms with Gasteiger partial charge in [0.25, 0.3) is 0 Å². The molecule has 0 bridgehead atoms. The maximum atomic E-state index is 10.7. The molecule has 0 aromatic rings. The zero-order valence-corrected chi connectivity index (χ0v) is 9.68. The van der Waals surface area contributed by atoms with Crippen molar-refractivity contribution in [2.45, 2.75) is 51.1 Å². The third-order valence-electron chi connectivity index (χ3n) is 2.96. The van der Waals surface area contributed by atoms with Crippen LogP contribution in [0.1, 0.15) is 39.5 Å². The lowest BCUT2D eigenvalue weighted by molar-refractivity contribution is -0.139. The normalized spacial score (nSPS) is 20.7. The van der Waals surface area contributed by atoms with Crippen molar-refractivity contribution in [3.8, 4) is 0 Å². The average Bonchev–Trinajstić information content (AvgIpc) is 2.10. The monoisotopic (exact) mass is 214 g/mol. The van der Waals surface area contributed by atoms with Crippen LogP contribution in [0.2, 0.25) is 0 Å². The van der Waals surface area contributed by atoms with Crippen molar-refractivity contribution in [3.63, 3.8) is 0 Å². The molecule has 0 saturated carbocycles. The summed E-state index contributed by atoms with van der Waals surface area (Å²) in [5.74, 6) is -0.716. The molecule has 0 spiro atoms. The quantitative estimate of drug-likeness (QED) is 0.591. The number of carboxylic acid groups (broad SMARTS) is 1. The van der Waals surface area contributed by atoms with Crippen molar-refractivity contribution in [2.75, 3.05) is 13.1 Å². The maximum absolute atomic E-state index is 10.7. The molecule has 88 valence electrons. The number of hydrogen-bond acceptors (Lipinski definition) is 3. The van der Waals surface area contributed by atoms with Crippen LogP contribution in [0.3, 0.4) is 0 Å². The first kappa shape index (κ1) is 12.5. The summed E-state index contributed by atoms with van der Waals surface area (Å²) in [7, 11) is 0. The molecule has 0 aromatic heterocycles. The lowest BCUT2D eigenvalue weighted by atomic mass is 9.87. The smallest absolute Gasteiger partial charge is 0.305 e. The maximum Gasteiger partial charge on any atom is 0.305 e. The van der Waals surface area contributed by atoms with Crippen LogP contribution in [0, 0.1) is 0 Å². The number of carboxylic acids is 1.